The van der Waals surface area contributed by atoms with Crippen molar-refractivity contribution < 1.29 is 0 Å². The van der Waals surface area contributed by atoms with Crippen molar-refractivity contribution in [2.75, 3.05) is 5.32 Å². The van der Waals surface area contributed by atoms with Crippen molar-refractivity contribution in [2.24, 2.45) is 10.7 Å². The number of aromatic nitrogens is 3. The smallest absolute Gasteiger partial charge is 0.193 e. The average molecular weight is 346 g/mol. The molecule has 6 heteroatoms. The highest BCUT2D eigenvalue weighted by atomic mass is 15.3. The quantitative estimate of drug-likeness (QED) is 0.550. The minimum Gasteiger partial charge on any atom is -0.370 e. The third-order valence-corrected chi connectivity index (χ3v) is 4.71. The SMILES string of the molecule is NC(=NCc1ccccc1Cn1cncn1)Nc1ccc2c(c1)CCC2. The Bertz CT molecular complexity index is 914. The maximum Gasteiger partial charge on any atom is 0.193 e. The number of hydrogen-bond donors (Lipinski definition) is 2. The third-order valence-electron chi connectivity index (χ3n) is 4.71. The van der Waals surface area contributed by atoms with Crippen LogP contribution < -0.4 is 11.1 Å². The topological polar surface area (TPSA) is 81.1 Å². The van der Waals surface area contributed by atoms with Gasteiger partial charge in [0, 0.05) is 5.69 Å². The van der Waals surface area contributed by atoms with Gasteiger partial charge < -0.3 is 11.1 Å². The zero-order valence-electron chi connectivity index (χ0n) is 14.6. The molecule has 0 atom stereocenters. The zero-order valence-corrected chi connectivity index (χ0v) is 14.6. The second-order valence-corrected chi connectivity index (χ2v) is 6.53. The van der Waals surface area contributed by atoms with Crippen LogP contribution in [0.3, 0.4) is 0 Å². The second-order valence-electron chi connectivity index (χ2n) is 6.53. The lowest BCUT2D eigenvalue weighted by Crippen LogP contribution is -2.22. The molecule has 0 saturated carbocycles. The van der Waals surface area contributed by atoms with Crippen LogP contribution in [0.1, 0.15) is 28.7 Å². The monoisotopic (exact) mass is 346 g/mol. The molecule has 0 radical (unpaired) electrons. The highest BCUT2D eigenvalue weighted by Gasteiger charge is 2.11. The molecule has 0 unspecified atom stereocenters. The number of fused-ring (bicyclic) bond motifs is 1. The summed E-state index contributed by atoms with van der Waals surface area (Å²) in [4.78, 5) is 8.50. The lowest BCUT2D eigenvalue weighted by atomic mass is 10.1. The van der Waals surface area contributed by atoms with Crippen molar-refractivity contribution in [1.82, 2.24) is 14.8 Å². The van der Waals surface area contributed by atoms with Crippen LogP contribution >= 0.6 is 0 Å². The molecule has 0 aliphatic heterocycles. The highest BCUT2D eigenvalue weighted by Crippen LogP contribution is 2.24. The minimum atomic E-state index is 0.429. The van der Waals surface area contributed by atoms with Crippen LogP contribution in [0.5, 0.6) is 0 Å². The zero-order chi connectivity index (χ0) is 17.8. The van der Waals surface area contributed by atoms with Gasteiger partial charge in [-0.05, 0) is 53.6 Å². The fourth-order valence-electron chi connectivity index (χ4n) is 3.36. The molecule has 4 rings (SSSR count). The molecule has 1 aliphatic rings. The number of rotatable bonds is 5. The summed E-state index contributed by atoms with van der Waals surface area (Å²) in [5.41, 5.74) is 12.3. The fourth-order valence-corrected chi connectivity index (χ4v) is 3.36. The van der Waals surface area contributed by atoms with Gasteiger partial charge in [0.05, 0.1) is 13.1 Å². The Morgan fingerprint density at radius 2 is 1.96 bits per heavy atom. The molecular weight excluding hydrogens is 324 g/mol. The van der Waals surface area contributed by atoms with Gasteiger partial charge >= 0.3 is 0 Å². The maximum absolute atomic E-state index is 6.10. The van der Waals surface area contributed by atoms with Crippen LogP contribution in [-0.2, 0) is 25.9 Å². The first-order valence-electron chi connectivity index (χ1n) is 8.86. The van der Waals surface area contributed by atoms with Crippen LogP contribution in [0.2, 0.25) is 0 Å². The number of nitrogens with two attached hydrogens (primary N) is 1. The molecule has 0 fully saturated rings. The normalized spacial score (nSPS) is 13.6. The summed E-state index contributed by atoms with van der Waals surface area (Å²) in [6.45, 7) is 1.19. The molecule has 1 aromatic heterocycles. The second kappa shape index (κ2) is 7.39. The summed E-state index contributed by atoms with van der Waals surface area (Å²) in [5, 5.41) is 7.37. The number of anilines is 1. The number of aliphatic imine (C=N–C) groups is 1. The van der Waals surface area contributed by atoms with Gasteiger partial charge in [0.15, 0.2) is 5.96 Å². The van der Waals surface area contributed by atoms with E-state index in [1.807, 2.05) is 12.1 Å². The minimum absolute atomic E-state index is 0.429. The Morgan fingerprint density at radius 3 is 2.81 bits per heavy atom. The molecule has 0 bridgehead atoms. The number of hydrogen-bond acceptors (Lipinski definition) is 3. The molecule has 2 aromatic carbocycles. The molecule has 0 saturated heterocycles. The predicted molar refractivity (Wildman–Crippen MR) is 103 cm³/mol. The van der Waals surface area contributed by atoms with Crippen molar-refractivity contribution >= 4 is 11.6 Å². The molecule has 26 heavy (non-hydrogen) atoms. The summed E-state index contributed by atoms with van der Waals surface area (Å²) >= 11 is 0. The largest absolute Gasteiger partial charge is 0.370 e. The van der Waals surface area contributed by atoms with E-state index in [0.29, 0.717) is 19.0 Å². The molecule has 3 aromatic rings. The molecule has 0 spiro atoms. The van der Waals surface area contributed by atoms with E-state index in [2.05, 4.69) is 50.7 Å². The van der Waals surface area contributed by atoms with Gasteiger partial charge in [-0.25, -0.2) is 14.7 Å². The molecule has 3 N–H and O–H groups in total. The number of nitrogens with zero attached hydrogens (tertiary/aromatic N) is 4. The van der Waals surface area contributed by atoms with Crippen LogP contribution in [0.15, 0.2) is 60.1 Å². The van der Waals surface area contributed by atoms with E-state index in [1.54, 1.807) is 17.3 Å². The summed E-state index contributed by atoms with van der Waals surface area (Å²) in [6, 6.07) is 14.6. The van der Waals surface area contributed by atoms with Gasteiger partial charge in [0.25, 0.3) is 0 Å². The Hall–Kier alpha value is -3.15. The van der Waals surface area contributed by atoms with Crippen LogP contribution in [0.25, 0.3) is 0 Å². The molecule has 6 nitrogen and oxygen atoms in total. The van der Waals surface area contributed by atoms with E-state index >= 15 is 0 Å². The fraction of sp³-hybridized carbons (Fsp3) is 0.250. The number of nitrogens with one attached hydrogen (secondary N) is 1. The maximum atomic E-state index is 6.10. The Morgan fingerprint density at radius 1 is 1.12 bits per heavy atom. The van der Waals surface area contributed by atoms with Crippen molar-refractivity contribution in [1.29, 1.82) is 0 Å². The van der Waals surface area contributed by atoms with E-state index in [0.717, 1.165) is 23.2 Å². The first-order valence-corrected chi connectivity index (χ1v) is 8.86. The molecule has 1 aliphatic carbocycles. The van der Waals surface area contributed by atoms with Crippen molar-refractivity contribution in [3.8, 4) is 0 Å². The van der Waals surface area contributed by atoms with Crippen molar-refractivity contribution in [3.05, 3.63) is 77.4 Å². The number of aryl methyl sites for hydroxylation is 2. The summed E-state index contributed by atoms with van der Waals surface area (Å²) < 4.78 is 1.80. The summed E-state index contributed by atoms with van der Waals surface area (Å²) in [5.74, 6) is 0.429. The van der Waals surface area contributed by atoms with Gasteiger partial charge in [-0.1, -0.05) is 30.3 Å². The van der Waals surface area contributed by atoms with Crippen LogP contribution in [0, 0.1) is 0 Å². The highest BCUT2D eigenvalue weighted by molar-refractivity contribution is 5.92. The summed E-state index contributed by atoms with van der Waals surface area (Å²) in [6.07, 6.45) is 6.83. The van der Waals surface area contributed by atoms with E-state index in [9.17, 15) is 0 Å². The van der Waals surface area contributed by atoms with Gasteiger partial charge in [0.2, 0.25) is 0 Å². The molecule has 1 heterocycles. The lowest BCUT2D eigenvalue weighted by molar-refractivity contribution is 0.679. The predicted octanol–water partition coefficient (Wildman–Crippen LogP) is 2.74. The molecule has 0 amide bonds. The first kappa shape index (κ1) is 16.3. The van der Waals surface area contributed by atoms with Gasteiger partial charge in [-0.3, -0.25) is 0 Å². The lowest BCUT2D eigenvalue weighted by Gasteiger charge is -2.10. The van der Waals surface area contributed by atoms with Gasteiger partial charge in [0.1, 0.15) is 12.7 Å². The van der Waals surface area contributed by atoms with E-state index in [-0.39, 0.29) is 0 Å². The van der Waals surface area contributed by atoms with Crippen molar-refractivity contribution in [2.45, 2.75) is 32.4 Å². The van der Waals surface area contributed by atoms with E-state index in [4.69, 9.17) is 5.73 Å². The Labute approximate surface area is 152 Å². The van der Waals surface area contributed by atoms with Gasteiger partial charge in [-0.2, -0.15) is 5.10 Å². The number of guanidine groups is 1. The molecular formula is C20H22N6. The standard InChI is InChI=1S/C20H22N6/c21-20(25-19-9-8-15-6-3-7-16(15)10-19)23-11-17-4-1-2-5-18(17)12-26-14-22-13-24-26/h1-2,4-5,8-10,13-14H,3,6-7,11-12H2,(H3,21,23,25). The Kier molecular flexibility index (Phi) is 4.64. The Balaban J connectivity index is 1.44. The number of benzene rings is 2. The van der Waals surface area contributed by atoms with E-state index in [1.165, 1.54) is 24.0 Å². The molecule has 132 valence electrons. The summed E-state index contributed by atoms with van der Waals surface area (Å²) in [7, 11) is 0. The van der Waals surface area contributed by atoms with Crippen LogP contribution in [0.4, 0.5) is 5.69 Å². The first-order chi connectivity index (χ1) is 12.8. The third kappa shape index (κ3) is 3.74. The van der Waals surface area contributed by atoms with E-state index < -0.39 is 0 Å². The van der Waals surface area contributed by atoms with Crippen molar-refractivity contribution in [3.63, 3.8) is 0 Å². The van der Waals surface area contributed by atoms with Gasteiger partial charge in [-0.15, -0.1) is 0 Å². The average Bonchev–Trinajstić information content (AvgIpc) is 3.32. The van der Waals surface area contributed by atoms with Crippen LogP contribution in [-0.4, -0.2) is 20.7 Å².